The number of carbonyl (C=O) groups excluding carboxylic acids is 1. The molecular weight excluding hydrogens is 362 g/mol. The molecule has 0 fully saturated rings. The van der Waals surface area contributed by atoms with Crippen molar-refractivity contribution in [2.24, 2.45) is 0 Å². The summed E-state index contributed by atoms with van der Waals surface area (Å²) in [4.78, 5) is 21.1. The Kier molecular flexibility index (Phi) is 5.02. The maximum absolute atomic E-state index is 12.7. The number of urea groups is 1. The van der Waals surface area contributed by atoms with Gasteiger partial charge in [-0.2, -0.15) is 4.31 Å². The van der Waals surface area contributed by atoms with Gasteiger partial charge < -0.3 is 5.32 Å². The van der Waals surface area contributed by atoms with Crippen LogP contribution in [0.4, 0.5) is 9.93 Å². The molecule has 2 aromatic rings. The highest BCUT2D eigenvalue weighted by atomic mass is 32.2. The maximum atomic E-state index is 12.7. The monoisotopic (exact) mass is 381 g/mol. The minimum absolute atomic E-state index is 0.0229. The lowest BCUT2D eigenvalue weighted by Gasteiger charge is -2.25. The fraction of sp³-hybridized carbons (Fsp3) is 0.400. The van der Waals surface area contributed by atoms with Gasteiger partial charge in [0, 0.05) is 36.3 Å². The number of aromatic nitrogens is 2. The smallest absolute Gasteiger partial charge is 0.321 e. The molecule has 2 N–H and O–H groups in total. The van der Waals surface area contributed by atoms with E-state index in [0.717, 1.165) is 10.6 Å². The first kappa shape index (κ1) is 17.8. The highest BCUT2D eigenvalue weighted by Crippen LogP contribution is 2.30. The zero-order chi connectivity index (χ0) is 18.0. The minimum Gasteiger partial charge on any atom is -0.336 e. The summed E-state index contributed by atoms with van der Waals surface area (Å²) in [5.41, 5.74) is 0.836. The van der Waals surface area contributed by atoms with Crippen molar-refractivity contribution >= 4 is 32.5 Å². The third-order valence-corrected chi connectivity index (χ3v) is 6.44. The fourth-order valence-electron chi connectivity index (χ4n) is 2.47. The molecule has 0 bridgehead atoms. The van der Waals surface area contributed by atoms with Crippen LogP contribution >= 0.6 is 11.3 Å². The van der Waals surface area contributed by atoms with E-state index in [-0.39, 0.29) is 23.5 Å². The summed E-state index contributed by atoms with van der Waals surface area (Å²) in [5, 5.41) is 5.90. The second kappa shape index (κ2) is 7.06. The van der Waals surface area contributed by atoms with Crippen LogP contribution in [0.3, 0.4) is 0 Å². The summed E-state index contributed by atoms with van der Waals surface area (Å²) in [7, 11) is -3.58. The SMILES string of the molecule is CC(C)NC(=O)Nc1nc2c(s1)CN(S(=O)(=O)c1cccnc1)CC2. The van der Waals surface area contributed by atoms with Crippen LogP contribution in [0.15, 0.2) is 29.4 Å². The standard InChI is InChI=1S/C15H19N5O3S2/c1-10(2)17-14(21)19-15-18-12-5-7-20(9-13(12)24-15)25(22,23)11-4-3-6-16-8-11/h3-4,6,8,10H,5,7,9H2,1-2H3,(H2,17,18,19,21). The molecule has 0 spiro atoms. The van der Waals surface area contributed by atoms with Gasteiger partial charge in [-0.05, 0) is 26.0 Å². The Balaban J connectivity index is 1.75. The number of nitrogens with one attached hydrogen (secondary N) is 2. The molecule has 10 heteroatoms. The summed E-state index contributed by atoms with van der Waals surface area (Å²) in [6.45, 7) is 4.34. The van der Waals surface area contributed by atoms with Crippen LogP contribution in [0, 0.1) is 0 Å². The molecular formula is C15H19N5O3S2. The third kappa shape index (κ3) is 3.97. The van der Waals surface area contributed by atoms with E-state index >= 15 is 0 Å². The number of hydrogen-bond acceptors (Lipinski definition) is 6. The van der Waals surface area contributed by atoms with Crippen LogP contribution < -0.4 is 10.6 Å². The molecule has 0 unspecified atom stereocenters. The van der Waals surface area contributed by atoms with Crippen LogP contribution in [-0.2, 0) is 23.0 Å². The van der Waals surface area contributed by atoms with E-state index < -0.39 is 10.0 Å². The van der Waals surface area contributed by atoms with Gasteiger partial charge in [-0.3, -0.25) is 10.3 Å². The summed E-state index contributed by atoms with van der Waals surface area (Å²) in [5.74, 6) is 0. The molecule has 1 aliphatic heterocycles. The van der Waals surface area contributed by atoms with Gasteiger partial charge in [0.1, 0.15) is 4.90 Å². The van der Waals surface area contributed by atoms with E-state index in [0.29, 0.717) is 18.1 Å². The number of amides is 2. The number of nitrogens with zero attached hydrogens (tertiary/aromatic N) is 3. The second-order valence-corrected chi connectivity index (χ2v) is 8.94. The highest BCUT2D eigenvalue weighted by Gasteiger charge is 2.30. The molecule has 0 saturated carbocycles. The van der Waals surface area contributed by atoms with Gasteiger partial charge in [0.05, 0.1) is 12.2 Å². The summed E-state index contributed by atoms with van der Waals surface area (Å²) in [6.07, 6.45) is 3.40. The maximum Gasteiger partial charge on any atom is 0.321 e. The Labute approximate surface area is 150 Å². The molecule has 0 atom stereocenters. The number of fused-ring (bicyclic) bond motifs is 1. The summed E-state index contributed by atoms with van der Waals surface area (Å²) < 4.78 is 26.8. The number of pyridine rings is 1. The highest BCUT2D eigenvalue weighted by molar-refractivity contribution is 7.89. The lowest BCUT2D eigenvalue weighted by Crippen LogP contribution is -2.35. The van der Waals surface area contributed by atoms with Gasteiger partial charge in [0.25, 0.3) is 0 Å². The number of rotatable bonds is 4. The van der Waals surface area contributed by atoms with E-state index in [4.69, 9.17) is 0 Å². The van der Waals surface area contributed by atoms with Crippen LogP contribution in [0.2, 0.25) is 0 Å². The van der Waals surface area contributed by atoms with Crippen LogP contribution in [0.5, 0.6) is 0 Å². The van der Waals surface area contributed by atoms with Gasteiger partial charge in [0.2, 0.25) is 10.0 Å². The molecule has 3 heterocycles. The van der Waals surface area contributed by atoms with Gasteiger partial charge in [-0.1, -0.05) is 11.3 Å². The fourth-order valence-corrected chi connectivity index (χ4v) is 4.95. The summed E-state index contributed by atoms with van der Waals surface area (Å²) in [6, 6.07) is 2.84. The molecule has 2 aromatic heterocycles. The molecule has 0 aromatic carbocycles. The molecule has 1 aliphatic rings. The largest absolute Gasteiger partial charge is 0.336 e. The van der Waals surface area contributed by atoms with Crippen LogP contribution in [-0.4, -0.2) is 41.3 Å². The Bertz CT molecular complexity index is 865. The normalized spacial score (nSPS) is 15.0. The molecule has 0 aliphatic carbocycles. The van der Waals surface area contributed by atoms with Crippen molar-refractivity contribution in [1.82, 2.24) is 19.6 Å². The number of sulfonamides is 1. The first-order valence-electron chi connectivity index (χ1n) is 7.82. The molecule has 3 rings (SSSR count). The van der Waals surface area contributed by atoms with E-state index in [9.17, 15) is 13.2 Å². The van der Waals surface area contributed by atoms with Gasteiger partial charge in [-0.25, -0.2) is 18.2 Å². The quantitative estimate of drug-likeness (QED) is 0.841. The Morgan fingerprint density at radius 3 is 2.88 bits per heavy atom. The first-order chi connectivity index (χ1) is 11.9. The van der Waals surface area contributed by atoms with Crippen molar-refractivity contribution in [3.63, 3.8) is 0 Å². The number of hydrogen-bond donors (Lipinski definition) is 2. The number of thiazole rings is 1. The third-order valence-electron chi connectivity index (χ3n) is 3.61. The first-order valence-corrected chi connectivity index (χ1v) is 10.1. The Morgan fingerprint density at radius 1 is 1.40 bits per heavy atom. The average Bonchev–Trinajstić information content (AvgIpc) is 2.95. The Hall–Kier alpha value is -2.04. The summed E-state index contributed by atoms with van der Waals surface area (Å²) >= 11 is 1.30. The van der Waals surface area contributed by atoms with Crippen molar-refractivity contribution in [2.75, 3.05) is 11.9 Å². The predicted octanol–water partition coefficient (Wildman–Crippen LogP) is 1.81. The predicted molar refractivity (Wildman–Crippen MR) is 94.9 cm³/mol. The van der Waals surface area contributed by atoms with Crippen molar-refractivity contribution in [3.05, 3.63) is 35.1 Å². The molecule has 0 saturated heterocycles. The zero-order valence-electron chi connectivity index (χ0n) is 13.9. The van der Waals surface area contributed by atoms with Gasteiger partial charge in [0.15, 0.2) is 5.13 Å². The lowest BCUT2D eigenvalue weighted by molar-refractivity contribution is 0.250. The molecule has 8 nitrogen and oxygen atoms in total. The molecule has 2 amide bonds. The van der Waals surface area contributed by atoms with E-state index in [1.54, 1.807) is 6.07 Å². The minimum atomic E-state index is -3.58. The van der Waals surface area contributed by atoms with Crippen molar-refractivity contribution in [1.29, 1.82) is 0 Å². The zero-order valence-corrected chi connectivity index (χ0v) is 15.5. The number of carbonyl (C=O) groups is 1. The topological polar surface area (TPSA) is 104 Å². The van der Waals surface area contributed by atoms with Crippen LogP contribution in [0.25, 0.3) is 0 Å². The molecule has 134 valence electrons. The van der Waals surface area contributed by atoms with Crippen molar-refractivity contribution in [2.45, 2.75) is 37.8 Å². The van der Waals surface area contributed by atoms with Crippen molar-refractivity contribution < 1.29 is 13.2 Å². The Morgan fingerprint density at radius 2 is 2.20 bits per heavy atom. The van der Waals surface area contributed by atoms with Crippen LogP contribution in [0.1, 0.15) is 24.4 Å². The van der Waals surface area contributed by atoms with E-state index in [2.05, 4.69) is 20.6 Å². The second-order valence-electron chi connectivity index (χ2n) is 5.92. The lowest BCUT2D eigenvalue weighted by atomic mass is 10.2. The van der Waals surface area contributed by atoms with E-state index in [1.807, 2.05) is 13.8 Å². The molecule has 0 radical (unpaired) electrons. The average molecular weight is 381 g/mol. The van der Waals surface area contributed by atoms with E-state index in [1.165, 1.54) is 34.1 Å². The molecule has 25 heavy (non-hydrogen) atoms. The van der Waals surface area contributed by atoms with Gasteiger partial charge >= 0.3 is 6.03 Å². The van der Waals surface area contributed by atoms with Crippen molar-refractivity contribution in [3.8, 4) is 0 Å². The van der Waals surface area contributed by atoms with Gasteiger partial charge in [-0.15, -0.1) is 0 Å². The number of anilines is 1.